The largest absolute Gasteiger partial charge is 0.390 e. The minimum absolute atomic E-state index is 0.0447. The second-order valence-corrected chi connectivity index (χ2v) is 12.9. The van der Waals surface area contributed by atoms with Crippen molar-refractivity contribution < 1.29 is 27.9 Å². The summed E-state index contributed by atoms with van der Waals surface area (Å²) in [5.41, 5.74) is -1.95. The van der Waals surface area contributed by atoms with Crippen LogP contribution < -0.4 is 16.0 Å². The van der Waals surface area contributed by atoms with E-state index in [1.54, 1.807) is 13.0 Å². The van der Waals surface area contributed by atoms with Crippen LogP contribution in [-0.2, 0) is 15.0 Å². The smallest absolute Gasteiger partial charge is 0.238 e. The van der Waals surface area contributed by atoms with Gasteiger partial charge in [0.2, 0.25) is 11.8 Å². The zero-order valence-corrected chi connectivity index (χ0v) is 23.3. The highest BCUT2D eigenvalue weighted by Gasteiger charge is 2.66. The van der Waals surface area contributed by atoms with E-state index < -0.39 is 59.1 Å². The number of rotatable bonds is 7. The Kier molecular flexibility index (Phi) is 7.84. The van der Waals surface area contributed by atoms with Gasteiger partial charge in [-0.15, -0.1) is 0 Å². The van der Waals surface area contributed by atoms with E-state index in [0.29, 0.717) is 24.8 Å². The number of hydrogen-bond donors (Lipinski definition) is 4. The van der Waals surface area contributed by atoms with Gasteiger partial charge in [-0.2, -0.15) is 0 Å². The minimum Gasteiger partial charge on any atom is -0.390 e. The molecule has 2 heterocycles. The van der Waals surface area contributed by atoms with Crippen LogP contribution in [0.2, 0.25) is 0 Å². The van der Waals surface area contributed by atoms with Crippen molar-refractivity contribution in [1.29, 1.82) is 0 Å². The van der Waals surface area contributed by atoms with E-state index in [0.717, 1.165) is 12.1 Å². The fourth-order valence-corrected chi connectivity index (χ4v) is 6.38. The number of amides is 2. The lowest BCUT2D eigenvalue weighted by Gasteiger charge is -2.42. The average Bonchev–Trinajstić information content (AvgIpc) is 3.27. The monoisotopic (exact) mass is 565 g/mol. The summed E-state index contributed by atoms with van der Waals surface area (Å²) in [7, 11) is 0. The Morgan fingerprint density at radius 2 is 1.92 bits per heavy atom. The fourth-order valence-electron chi connectivity index (χ4n) is 6.30. The van der Waals surface area contributed by atoms with E-state index in [2.05, 4.69) is 22.5 Å². The molecule has 4 rings (SSSR count). The van der Waals surface area contributed by atoms with Gasteiger partial charge >= 0.3 is 0 Å². The van der Waals surface area contributed by atoms with Crippen molar-refractivity contribution in [3.8, 4) is 0 Å². The number of halogens is 4. The van der Waals surface area contributed by atoms with Gasteiger partial charge in [0.15, 0.2) is 11.6 Å². The topological polar surface area (TPSA) is 90.5 Å². The van der Waals surface area contributed by atoms with Gasteiger partial charge in [-0.3, -0.25) is 9.59 Å². The molecule has 1 aromatic carbocycles. The van der Waals surface area contributed by atoms with Crippen LogP contribution in [0.15, 0.2) is 47.5 Å². The van der Waals surface area contributed by atoms with Crippen LogP contribution >= 0.6 is 11.6 Å². The summed E-state index contributed by atoms with van der Waals surface area (Å²) in [6.45, 7) is 10.9. The highest BCUT2D eigenvalue weighted by molar-refractivity contribution is 6.29. The lowest BCUT2D eigenvalue weighted by Crippen LogP contribution is -2.57. The third kappa shape index (κ3) is 5.54. The highest BCUT2D eigenvalue weighted by atomic mass is 35.5. The van der Waals surface area contributed by atoms with Gasteiger partial charge in [-0.1, -0.05) is 51.1 Å². The van der Waals surface area contributed by atoms with E-state index in [1.807, 2.05) is 20.8 Å². The molecular formula is C29H35ClF3N3O3. The third-order valence-electron chi connectivity index (χ3n) is 7.82. The molecule has 0 unspecified atom stereocenters. The van der Waals surface area contributed by atoms with Crippen LogP contribution in [0, 0.1) is 23.0 Å². The van der Waals surface area contributed by atoms with Crippen molar-refractivity contribution in [3.05, 3.63) is 64.7 Å². The van der Waals surface area contributed by atoms with Crippen LogP contribution in [0.5, 0.6) is 0 Å². The van der Waals surface area contributed by atoms with E-state index in [9.17, 15) is 27.9 Å². The summed E-state index contributed by atoms with van der Waals surface area (Å²) in [6, 6.07) is 0.107. The number of carbonyl (C=O) groups is 2. The van der Waals surface area contributed by atoms with E-state index in [4.69, 9.17) is 11.6 Å². The summed E-state index contributed by atoms with van der Waals surface area (Å²) < 4.78 is 41.8. The molecule has 39 heavy (non-hydrogen) atoms. The molecule has 1 saturated carbocycles. The number of aliphatic hydroxyl groups is 1. The standard InChI is InChI=1S/C29H35ClF3N3O3/c1-15(7-6-8-16(30)14-31)23-24(25(37)34-17-11-28(5,39)12-17)36-22(13-27(2,3)4)29(23)18-9-19(32)20(33)10-21(18)35-26(29)38/h6-10,17,22-24,36,39H,1,11-14H2,2-5H3,(H,34,37)(H,35,38)/b7-6-,16-8+/t17?,22-,23-,24+,28?,29+/m0/s1. The zero-order valence-electron chi connectivity index (χ0n) is 22.5. The number of carbonyl (C=O) groups excluding carboxylic acids is 2. The van der Waals surface area contributed by atoms with Crippen molar-refractivity contribution in [3.63, 3.8) is 0 Å². The van der Waals surface area contributed by atoms with Gasteiger partial charge in [0, 0.05) is 34.8 Å². The number of hydrogen-bond acceptors (Lipinski definition) is 4. The molecule has 10 heteroatoms. The van der Waals surface area contributed by atoms with Crippen LogP contribution in [0.25, 0.3) is 0 Å². The normalized spacial score (nSPS) is 32.3. The summed E-state index contributed by atoms with van der Waals surface area (Å²) in [6.07, 6.45) is 5.55. The van der Waals surface area contributed by atoms with Crippen molar-refractivity contribution >= 4 is 29.1 Å². The first-order valence-electron chi connectivity index (χ1n) is 13.0. The molecule has 0 bridgehead atoms. The van der Waals surface area contributed by atoms with Crippen LogP contribution in [0.3, 0.4) is 0 Å². The van der Waals surface area contributed by atoms with Gasteiger partial charge in [0.25, 0.3) is 0 Å². The number of fused-ring (bicyclic) bond motifs is 2. The fraction of sp³-hybridized carbons (Fsp3) is 0.517. The molecule has 2 fully saturated rings. The Hall–Kier alpha value is -2.62. The predicted octanol–water partition coefficient (Wildman–Crippen LogP) is 4.78. The number of nitrogens with one attached hydrogen (secondary N) is 3. The predicted molar refractivity (Wildman–Crippen MR) is 145 cm³/mol. The molecule has 212 valence electrons. The van der Waals surface area contributed by atoms with Gasteiger partial charge < -0.3 is 21.1 Å². The number of allylic oxidation sites excluding steroid dienone is 4. The molecule has 1 aliphatic carbocycles. The SMILES string of the molecule is C=C(/C=C\C=C(\Cl)CF)[C@H]1[C@H](C(=O)NC2CC(C)(O)C2)N[C@@H](CC(C)(C)C)[C@@]12C(=O)Nc1cc(F)c(F)cc12. The molecule has 1 saturated heterocycles. The summed E-state index contributed by atoms with van der Waals surface area (Å²) in [5.74, 6) is -4.02. The molecule has 1 aromatic rings. The molecule has 2 aliphatic heterocycles. The highest BCUT2D eigenvalue weighted by Crippen LogP contribution is 2.55. The molecule has 4 N–H and O–H groups in total. The second kappa shape index (κ2) is 10.4. The Morgan fingerprint density at radius 3 is 2.51 bits per heavy atom. The molecule has 1 spiro atoms. The zero-order chi connectivity index (χ0) is 28.9. The van der Waals surface area contributed by atoms with Crippen molar-refractivity contribution in [2.75, 3.05) is 12.0 Å². The lowest BCUT2D eigenvalue weighted by molar-refractivity contribution is -0.127. The number of anilines is 1. The van der Waals surface area contributed by atoms with Crippen molar-refractivity contribution in [2.24, 2.45) is 11.3 Å². The molecule has 3 aliphatic rings. The average molecular weight is 566 g/mol. The molecule has 0 aromatic heterocycles. The second-order valence-electron chi connectivity index (χ2n) is 12.4. The van der Waals surface area contributed by atoms with Crippen LogP contribution in [0.1, 0.15) is 52.5 Å². The maximum Gasteiger partial charge on any atom is 0.238 e. The molecule has 6 nitrogen and oxygen atoms in total. The summed E-state index contributed by atoms with van der Waals surface area (Å²) in [4.78, 5) is 27.7. The quantitative estimate of drug-likeness (QED) is 0.358. The Morgan fingerprint density at radius 1 is 1.28 bits per heavy atom. The van der Waals surface area contributed by atoms with Gasteiger partial charge in [-0.05, 0) is 54.9 Å². The maximum absolute atomic E-state index is 14.7. The lowest BCUT2D eigenvalue weighted by atomic mass is 9.62. The molecular weight excluding hydrogens is 531 g/mol. The number of alkyl halides is 1. The Balaban J connectivity index is 1.85. The molecule has 4 atom stereocenters. The van der Waals surface area contributed by atoms with Gasteiger partial charge in [0.1, 0.15) is 12.1 Å². The van der Waals surface area contributed by atoms with Crippen LogP contribution in [-0.4, -0.2) is 47.3 Å². The van der Waals surface area contributed by atoms with E-state index >= 15 is 0 Å². The van der Waals surface area contributed by atoms with Crippen molar-refractivity contribution in [1.82, 2.24) is 10.6 Å². The Labute approximate surface area is 231 Å². The Bertz CT molecular complexity index is 1250. The first kappa shape index (κ1) is 29.4. The molecule has 0 radical (unpaired) electrons. The van der Waals surface area contributed by atoms with Crippen LogP contribution in [0.4, 0.5) is 18.9 Å². The third-order valence-corrected chi connectivity index (χ3v) is 8.04. The van der Waals surface area contributed by atoms with E-state index in [-0.39, 0.29) is 27.7 Å². The first-order chi connectivity index (χ1) is 18.1. The maximum atomic E-state index is 14.7. The van der Waals surface area contributed by atoms with Gasteiger partial charge in [0.05, 0.1) is 11.6 Å². The summed E-state index contributed by atoms with van der Waals surface area (Å²) >= 11 is 5.80. The summed E-state index contributed by atoms with van der Waals surface area (Å²) in [5, 5.41) is 19.1. The van der Waals surface area contributed by atoms with Gasteiger partial charge in [-0.25, -0.2) is 13.2 Å². The van der Waals surface area contributed by atoms with Crippen molar-refractivity contribution in [2.45, 2.75) is 76.1 Å². The van der Waals surface area contributed by atoms with E-state index in [1.165, 1.54) is 12.2 Å². The minimum atomic E-state index is -1.50. The molecule has 2 amide bonds. The first-order valence-corrected chi connectivity index (χ1v) is 13.3. The number of benzene rings is 1.